The van der Waals surface area contributed by atoms with Crippen LogP contribution in [0.25, 0.3) is 0 Å². The highest BCUT2D eigenvalue weighted by Gasteiger charge is 2.15. The number of pyridine rings is 1. The standard InChI is InChI=1S/C23H25N3O/c1-3-26(18-20-12-8-5-9-13-20)23(27)21-14-15-22(24-16-21)25(2)17-19-10-6-4-7-11-19/h4-16H,3,17-18H2,1-2H3. The molecule has 0 N–H and O–H groups in total. The van der Waals surface area contributed by atoms with Crippen molar-refractivity contribution in [3.05, 3.63) is 95.7 Å². The summed E-state index contributed by atoms with van der Waals surface area (Å²) in [6, 6.07) is 24.1. The normalized spacial score (nSPS) is 10.4. The second-order valence-corrected chi connectivity index (χ2v) is 6.55. The Kier molecular flexibility index (Phi) is 6.21. The molecule has 4 heteroatoms. The summed E-state index contributed by atoms with van der Waals surface area (Å²) in [6.45, 7) is 4.03. The van der Waals surface area contributed by atoms with Crippen molar-refractivity contribution in [2.24, 2.45) is 0 Å². The molecule has 0 aliphatic carbocycles. The molecule has 138 valence electrons. The Morgan fingerprint density at radius 2 is 1.44 bits per heavy atom. The lowest BCUT2D eigenvalue weighted by molar-refractivity contribution is 0.0752. The van der Waals surface area contributed by atoms with Gasteiger partial charge in [0.25, 0.3) is 5.91 Å². The van der Waals surface area contributed by atoms with Crippen molar-refractivity contribution >= 4 is 11.7 Å². The molecule has 3 rings (SSSR count). The highest BCUT2D eigenvalue weighted by atomic mass is 16.2. The van der Waals surface area contributed by atoms with Gasteiger partial charge in [-0.25, -0.2) is 4.98 Å². The van der Waals surface area contributed by atoms with Crippen molar-refractivity contribution in [1.29, 1.82) is 0 Å². The first-order valence-electron chi connectivity index (χ1n) is 9.21. The highest BCUT2D eigenvalue weighted by Crippen LogP contribution is 2.15. The first kappa shape index (κ1) is 18.6. The van der Waals surface area contributed by atoms with Gasteiger partial charge in [-0.05, 0) is 30.2 Å². The SMILES string of the molecule is CCN(Cc1ccccc1)C(=O)c1ccc(N(C)Cc2ccccc2)nc1. The zero-order valence-corrected chi connectivity index (χ0v) is 15.9. The Hall–Kier alpha value is -3.14. The van der Waals surface area contributed by atoms with Crippen LogP contribution >= 0.6 is 0 Å². The predicted octanol–water partition coefficient (Wildman–Crippen LogP) is 4.38. The summed E-state index contributed by atoms with van der Waals surface area (Å²) in [5, 5.41) is 0. The van der Waals surface area contributed by atoms with Crippen molar-refractivity contribution in [2.45, 2.75) is 20.0 Å². The van der Waals surface area contributed by atoms with E-state index in [0.717, 1.165) is 17.9 Å². The van der Waals surface area contributed by atoms with Gasteiger partial charge in [0.1, 0.15) is 5.82 Å². The molecule has 0 aliphatic heterocycles. The summed E-state index contributed by atoms with van der Waals surface area (Å²) in [4.78, 5) is 21.2. The highest BCUT2D eigenvalue weighted by molar-refractivity contribution is 5.94. The Morgan fingerprint density at radius 1 is 0.852 bits per heavy atom. The van der Waals surface area contributed by atoms with Crippen molar-refractivity contribution < 1.29 is 4.79 Å². The van der Waals surface area contributed by atoms with Crippen LogP contribution in [-0.2, 0) is 13.1 Å². The molecular weight excluding hydrogens is 334 g/mol. The largest absolute Gasteiger partial charge is 0.355 e. The molecule has 0 fully saturated rings. The van der Waals surface area contributed by atoms with Crippen LogP contribution < -0.4 is 4.90 Å². The quantitative estimate of drug-likeness (QED) is 0.628. The summed E-state index contributed by atoms with van der Waals surface area (Å²) in [5.74, 6) is 0.854. The van der Waals surface area contributed by atoms with Crippen LogP contribution in [0, 0.1) is 0 Å². The van der Waals surface area contributed by atoms with E-state index in [1.54, 1.807) is 6.20 Å². The van der Waals surface area contributed by atoms with Crippen molar-refractivity contribution in [3.8, 4) is 0 Å². The predicted molar refractivity (Wildman–Crippen MR) is 110 cm³/mol. The van der Waals surface area contributed by atoms with Gasteiger partial charge in [-0.3, -0.25) is 4.79 Å². The Morgan fingerprint density at radius 3 is 1.96 bits per heavy atom. The van der Waals surface area contributed by atoms with Crippen LogP contribution in [0.4, 0.5) is 5.82 Å². The van der Waals surface area contributed by atoms with Crippen LogP contribution in [0.2, 0.25) is 0 Å². The third kappa shape index (κ3) is 4.94. The van der Waals surface area contributed by atoms with E-state index in [4.69, 9.17) is 0 Å². The fraction of sp³-hybridized carbons (Fsp3) is 0.217. The minimum Gasteiger partial charge on any atom is -0.355 e. The lowest BCUT2D eigenvalue weighted by atomic mass is 10.2. The number of hydrogen-bond donors (Lipinski definition) is 0. The number of anilines is 1. The third-order valence-electron chi connectivity index (χ3n) is 4.53. The fourth-order valence-electron chi connectivity index (χ4n) is 2.99. The summed E-state index contributed by atoms with van der Waals surface area (Å²) in [6.07, 6.45) is 1.67. The molecule has 0 unspecified atom stereocenters. The van der Waals surface area contributed by atoms with Crippen LogP contribution in [0.1, 0.15) is 28.4 Å². The molecule has 1 heterocycles. The average molecular weight is 359 g/mol. The van der Waals surface area contributed by atoms with E-state index < -0.39 is 0 Å². The van der Waals surface area contributed by atoms with Crippen molar-refractivity contribution in [2.75, 3.05) is 18.5 Å². The molecule has 1 amide bonds. The van der Waals surface area contributed by atoms with E-state index in [2.05, 4.69) is 22.0 Å². The molecule has 0 aliphatic rings. The minimum atomic E-state index is 0.00566. The van der Waals surface area contributed by atoms with Crippen LogP contribution in [0.15, 0.2) is 79.0 Å². The maximum absolute atomic E-state index is 12.8. The van der Waals surface area contributed by atoms with Gasteiger partial charge in [0.2, 0.25) is 0 Å². The van der Waals surface area contributed by atoms with E-state index in [1.165, 1.54) is 5.56 Å². The summed E-state index contributed by atoms with van der Waals surface area (Å²) < 4.78 is 0. The molecule has 0 atom stereocenters. The van der Waals surface area contributed by atoms with Gasteiger partial charge in [0, 0.05) is 32.9 Å². The van der Waals surface area contributed by atoms with Crippen LogP contribution in [-0.4, -0.2) is 29.4 Å². The zero-order valence-electron chi connectivity index (χ0n) is 15.9. The molecule has 4 nitrogen and oxygen atoms in total. The summed E-state index contributed by atoms with van der Waals surface area (Å²) >= 11 is 0. The van der Waals surface area contributed by atoms with Gasteiger partial charge in [-0.1, -0.05) is 60.7 Å². The number of hydrogen-bond acceptors (Lipinski definition) is 3. The van der Waals surface area contributed by atoms with Gasteiger partial charge in [-0.15, -0.1) is 0 Å². The molecular formula is C23H25N3O. The maximum atomic E-state index is 12.8. The monoisotopic (exact) mass is 359 g/mol. The molecule has 0 saturated heterocycles. The summed E-state index contributed by atoms with van der Waals surface area (Å²) in [7, 11) is 2.00. The number of carbonyl (C=O) groups excluding carboxylic acids is 1. The third-order valence-corrected chi connectivity index (χ3v) is 4.53. The summed E-state index contributed by atoms with van der Waals surface area (Å²) in [5.41, 5.74) is 2.96. The Balaban J connectivity index is 1.67. The van der Waals surface area contributed by atoms with Crippen molar-refractivity contribution in [1.82, 2.24) is 9.88 Å². The Bertz CT molecular complexity index is 848. The average Bonchev–Trinajstić information content (AvgIpc) is 2.73. The molecule has 0 bridgehead atoms. The fourth-order valence-corrected chi connectivity index (χ4v) is 2.99. The number of nitrogens with zero attached hydrogens (tertiary/aromatic N) is 3. The van der Waals surface area contributed by atoms with E-state index in [1.807, 2.05) is 79.5 Å². The van der Waals surface area contributed by atoms with Crippen LogP contribution in [0.3, 0.4) is 0 Å². The number of carbonyl (C=O) groups is 1. The molecule has 0 radical (unpaired) electrons. The molecule has 0 spiro atoms. The molecule has 1 aromatic heterocycles. The van der Waals surface area contributed by atoms with Crippen molar-refractivity contribution in [3.63, 3.8) is 0 Å². The number of rotatable bonds is 7. The molecule has 27 heavy (non-hydrogen) atoms. The smallest absolute Gasteiger partial charge is 0.255 e. The maximum Gasteiger partial charge on any atom is 0.255 e. The number of amides is 1. The topological polar surface area (TPSA) is 36.4 Å². The van der Waals surface area contributed by atoms with E-state index in [9.17, 15) is 4.79 Å². The lowest BCUT2D eigenvalue weighted by Crippen LogP contribution is -2.30. The number of benzene rings is 2. The molecule has 0 saturated carbocycles. The van der Waals surface area contributed by atoms with E-state index >= 15 is 0 Å². The van der Waals surface area contributed by atoms with Gasteiger partial charge in [0.05, 0.1) is 5.56 Å². The van der Waals surface area contributed by atoms with Crippen LogP contribution in [0.5, 0.6) is 0 Å². The number of aromatic nitrogens is 1. The van der Waals surface area contributed by atoms with Gasteiger partial charge in [-0.2, -0.15) is 0 Å². The second-order valence-electron chi connectivity index (χ2n) is 6.55. The first-order valence-corrected chi connectivity index (χ1v) is 9.21. The zero-order chi connectivity index (χ0) is 19.1. The first-order chi connectivity index (χ1) is 13.2. The van der Waals surface area contributed by atoms with Gasteiger partial charge in [0.15, 0.2) is 0 Å². The van der Waals surface area contributed by atoms with E-state index in [0.29, 0.717) is 18.7 Å². The lowest BCUT2D eigenvalue weighted by Gasteiger charge is -2.22. The minimum absolute atomic E-state index is 0.00566. The Labute approximate surface area is 161 Å². The molecule has 2 aromatic carbocycles. The second kappa shape index (κ2) is 8.99. The van der Waals surface area contributed by atoms with Gasteiger partial charge < -0.3 is 9.80 Å². The van der Waals surface area contributed by atoms with E-state index in [-0.39, 0.29) is 5.91 Å². The van der Waals surface area contributed by atoms with Gasteiger partial charge >= 0.3 is 0 Å². The molecule has 3 aromatic rings.